The minimum Gasteiger partial charge on any atom is -0.494 e. The quantitative estimate of drug-likeness (QED) is 0.0380. The van der Waals surface area contributed by atoms with E-state index in [4.69, 9.17) is 9.72 Å². The Kier molecular flexibility index (Phi) is 13.9. The number of pyridine rings is 1. The number of carbonyl (C=O) groups excluding carboxylic acids is 3. The highest BCUT2D eigenvalue weighted by Crippen LogP contribution is 2.46. The topological polar surface area (TPSA) is 183 Å². The first-order valence-electron chi connectivity index (χ1n) is 22.8. The molecule has 3 aromatic carbocycles. The van der Waals surface area contributed by atoms with Gasteiger partial charge in [-0.2, -0.15) is 4.98 Å². The largest absolute Gasteiger partial charge is 0.494 e. The number of anilines is 6. The van der Waals surface area contributed by atoms with E-state index in [9.17, 15) is 18.9 Å². The van der Waals surface area contributed by atoms with Crippen molar-refractivity contribution in [1.29, 1.82) is 0 Å². The summed E-state index contributed by atoms with van der Waals surface area (Å²) in [6.45, 7) is 15.7. The number of hydrogen-bond acceptors (Lipinski definition) is 13. The van der Waals surface area contributed by atoms with Crippen LogP contribution in [0.1, 0.15) is 68.8 Å². The Bertz CT molecular complexity index is 2740. The molecular formula is C49H60BrN10O5P. The van der Waals surface area contributed by atoms with E-state index in [-0.39, 0.29) is 18.2 Å². The number of fused-ring (bicyclic) bond motifs is 2. The Morgan fingerprint density at radius 1 is 0.924 bits per heavy atom. The zero-order valence-electron chi connectivity index (χ0n) is 38.8. The molecular weight excluding hydrogens is 919 g/mol. The maximum absolute atomic E-state index is 13.7. The Morgan fingerprint density at radius 3 is 2.44 bits per heavy atom. The van der Waals surface area contributed by atoms with Crippen LogP contribution in [0.2, 0.25) is 0 Å². The lowest BCUT2D eigenvalue weighted by molar-refractivity contribution is -0.136. The normalized spacial score (nSPS) is 17.6. The number of benzene rings is 3. The van der Waals surface area contributed by atoms with E-state index in [1.807, 2.05) is 57.2 Å². The summed E-state index contributed by atoms with van der Waals surface area (Å²) < 4.78 is 20.2. The van der Waals surface area contributed by atoms with Crippen molar-refractivity contribution in [2.24, 2.45) is 0 Å². The van der Waals surface area contributed by atoms with Gasteiger partial charge in [-0.1, -0.05) is 25.1 Å². The minimum atomic E-state index is -2.73. The number of aryl methyl sites for hydroxylation is 2. The van der Waals surface area contributed by atoms with Gasteiger partial charge in [0.05, 0.1) is 33.9 Å². The maximum Gasteiger partial charge on any atom is 0.249 e. The van der Waals surface area contributed by atoms with Crippen molar-refractivity contribution in [2.45, 2.75) is 83.7 Å². The molecule has 0 saturated carbocycles. The van der Waals surface area contributed by atoms with E-state index in [0.717, 1.165) is 108 Å². The van der Waals surface area contributed by atoms with Gasteiger partial charge in [-0.25, -0.2) is 4.98 Å². The number of hydrogen-bond donors (Lipinski definition) is 5. The lowest BCUT2D eigenvalue weighted by atomic mass is 9.82. The molecule has 0 aliphatic carbocycles. The van der Waals surface area contributed by atoms with E-state index in [1.54, 1.807) is 31.5 Å². The van der Waals surface area contributed by atoms with Gasteiger partial charge in [0.2, 0.25) is 23.7 Å². The molecule has 2 fully saturated rings. The first kappa shape index (κ1) is 47.1. The predicted octanol–water partition coefficient (Wildman–Crippen LogP) is 7.22. The molecule has 2 aromatic heterocycles. The molecule has 0 radical (unpaired) electrons. The third-order valence-corrected chi connectivity index (χ3v) is 15.1. The fourth-order valence-corrected chi connectivity index (χ4v) is 11.5. The summed E-state index contributed by atoms with van der Waals surface area (Å²) in [5.74, 6) is 0.792. The molecule has 8 rings (SSSR count). The van der Waals surface area contributed by atoms with Gasteiger partial charge in [-0.3, -0.25) is 29.6 Å². The molecule has 1 unspecified atom stereocenters. The maximum atomic E-state index is 13.7. The van der Waals surface area contributed by atoms with Crippen LogP contribution in [0.15, 0.2) is 65.3 Å². The van der Waals surface area contributed by atoms with E-state index < -0.39 is 24.5 Å². The number of imide groups is 1. The predicted molar refractivity (Wildman–Crippen MR) is 267 cm³/mol. The van der Waals surface area contributed by atoms with Gasteiger partial charge in [-0.05, 0) is 136 Å². The Balaban J connectivity index is 0.851. The van der Waals surface area contributed by atoms with E-state index >= 15 is 0 Å². The third-order valence-electron chi connectivity index (χ3n) is 13.0. The summed E-state index contributed by atoms with van der Waals surface area (Å²) in [6, 6.07) is 17.7. The van der Waals surface area contributed by atoms with Gasteiger partial charge in [0.1, 0.15) is 24.8 Å². The van der Waals surface area contributed by atoms with Crippen molar-refractivity contribution in [2.75, 3.05) is 73.6 Å². The van der Waals surface area contributed by atoms with Gasteiger partial charge >= 0.3 is 0 Å². The Hall–Kier alpha value is -5.41. The monoisotopic (exact) mass is 978 g/mol. The molecule has 15 nitrogen and oxygen atoms in total. The van der Waals surface area contributed by atoms with Crippen LogP contribution in [0, 0.1) is 6.92 Å². The number of ether oxygens (including phenoxy) is 1. The average molecular weight is 980 g/mol. The number of rotatable bonds is 16. The van der Waals surface area contributed by atoms with Crippen molar-refractivity contribution in [3.05, 3.63) is 87.7 Å². The van der Waals surface area contributed by atoms with Crippen LogP contribution in [0.25, 0.3) is 10.9 Å². The molecule has 3 aliphatic rings. The Morgan fingerprint density at radius 2 is 1.71 bits per heavy atom. The first-order chi connectivity index (χ1) is 31.6. The van der Waals surface area contributed by atoms with Gasteiger partial charge in [-0.15, -0.1) is 0 Å². The molecule has 3 amide bonds. The van der Waals surface area contributed by atoms with Crippen LogP contribution < -0.4 is 46.4 Å². The fourth-order valence-electron chi connectivity index (χ4n) is 9.70. The zero-order valence-corrected chi connectivity index (χ0v) is 41.3. The number of nitrogens with zero attached hydrogens (tertiary/aromatic N) is 5. The smallest absolute Gasteiger partial charge is 0.249 e. The molecule has 5 N–H and O–H groups in total. The molecule has 0 bridgehead atoms. The lowest BCUT2D eigenvalue weighted by Crippen LogP contribution is -2.55. The van der Waals surface area contributed by atoms with Gasteiger partial charge in [0.15, 0.2) is 0 Å². The SMILES string of the molecule is CCc1cc(Nc2ncc(Br)c(Nc3ccc4nc(C)ccc4c3P(C)(C)=O)n2)c(OC)cc1N1CCC(NCCNCCc2cccc3c2C(C)(C)C(=O)N3C2CCC(=O)NC2=O)CC1. The van der Waals surface area contributed by atoms with Crippen molar-refractivity contribution in [1.82, 2.24) is 30.9 Å². The summed E-state index contributed by atoms with van der Waals surface area (Å²) >= 11 is 3.61. The van der Waals surface area contributed by atoms with Gasteiger partial charge in [0.25, 0.3) is 0 Å². The van der Waals surface area contributed by atoms with Crippen molar-refractivity contribution < 1.29 is 23.7 Å². The number of nitrogens with one attached hydrogen (secondary N) is 5. The second-order valence-corrected chi connectivity index (χ2v) is 22.3. The number of aromatic nitrogens is 3. The zero-order chi connectivity index (χ0) is 46.9. The molecule has 1 atom stereocenters. The molecule has 66 heavy (non-hydrogen) atoms. The van der Waals surface area contributed by atoms with Crippen LogP contribution in [-0.2, 0) is 37.2 Å². The summed E-state index contributed by atoms with van der Waals surface area (Å²) in [7, 11) is -1.06. The number of carbonyl (C=O) groups is 3. The van der Waals surface area contributed by atoms with E-state index in [2.05, 4.69) is 82.5 Å². The highest BCUT2D eigenvalue weighted by Gasteiger charge is 2.50. The molecule has 17 heteroatoms. The fraction of sp³-hybridized carbons (Fsp3) is 0.429. The van der Waals surface area contributed by atoms with E-state index in [1.165, 1.54) is 5.56 Å². The standard InChI is InChI=1S/C49H60BrN10O5P/c1-8-30-26-37(56-48-53-28-34(50)45(58-48)55-36-15-14-35-33(13-12-29(2)54-35)44(36)66(6,7)64)41(65-5)27-40(30)59-24-19-32(20-25-59)52-23-22-51-21-18-31-10-9-11-38-43(31)49(3,4)47(63)60(38)39-16-17-42(61)57-46(39)62/h9-15,26-28,32,39,51-52H,8,16-25H2,1-7H3,(H,57,61,62)(H2,53,55,56,58). The number of piperidine rings is 2. The molecule has 0 spiro atoms. The number of methoxy groups -OCH3 is 1. The third kappa shape index (κ3) is 9.69. The van der Waals surface area contributed by atoms with Crippen LogP contribution in [0.4, 0.5) is 34.5 Å². The van der Waals surface area contributed by atoms with Crippen molar-refractivity contribution >= 4 is 91.5 Å². The molecule has 5 aromatic rings. The molecule has 2 saturated heterocycles. The highest BCUT2D eigenvalue weighted by atomic mass is 79.9. The summed E-state index contributed by atoms with van der Waals surface area (Å²) in [4.78, 5) is 56.4. The number of halogens is 1. The van der Waals surface area contributed by atoms with Gasteiger partial charge < -0.3 is 35.5 Å². The van der Waals surface area contributed by atoms with Crippen LogP contribution in [0.5, 0.6) is 5.75 Å². The van der Waals surface area contributed by atoms with Crippen molar-refractivity contribution in [3.8, 4) is 5.75 Å². The van der Waals surface area contributed by atoms with Gasteiger partial charge in [0, 0.05) is 78.7 Å². The average Bonchev–Trinajstić information content (AvgIpc) is 3.49. The molecule has 348 valence electrons. The molecule has 5 heterocycles. The Labute approximate surface area is 395 Å². The number of amides is 3. The van der Waals surface area contributed by atoms with E-state index in [0.29, 0.717) is 40.1 Å². The second-order valence-electron chi connectivity index (χ2n) is 18.3. The van der Waals surface area contributed by atoms with Crippen LogP contribution in [0.3, 0.4) is 0 Å². The summed E-state index contributed by atoms with van der Waals surface area (Å²) in [5, 5.41) is 18.2. The summed E-state index contributed by atoms with van der Waals surface area (Å²) in [5.41, 5.74) is 7.57. The van der Waals surface area contributed by atoms with Crippen LogP contribution in [-0.4, -0.2) is 97.9 Å². The van der Waals surface area contributed by atoms with Crippen LogP contribution >= 0.6 is 23.1 Å². The second kappa shape index (κ2) is 19.4. The summed E-state index contributed by atoms with van der Waals surface area (Å²) in [6.07, 6.45) is 5.85. The van der Waals surface area contributed by atoms with Crippen molar-refractivity contribution in [3.63, 3.8) is 0 Å². The first-order valence-corrected chi connectivity index (χ1v) is 26.2. The minimum absolute atomic E-state index is 0.106. The lowest BCUT2D eigenvalue weighted by Gasteiger charge is -2.35. The highest BCUT2D eigenvalue weighted by molar-refractivity contribution is 9.10. The molecule has 3 aliphatic heterocycles.